The highest BCUT2D eigenvalue weighted by Gasteiger charge is 2.16. The Bertz CT molecular complexity index is 704. The van der Waals surface area contributed by atoms with Gasteiger partial charge in [0, 0.05) is 0 Å². The molecule has 7 heteroatoms. The van der Waals surface area contributed by atoms with E-state index in [1.807, 2.05) is 0 Å². The summed E-state index contributed by atoms with van der Waals surface area (Å²) in [7, 11) is 0. The van der Waals surface area contributed by atoms with Crippen LogP contribution in [0.25, 0.3) is 0 Å². The maximum absolute atomic E-state index is 11.9. The summed E-state index contributed by atoms with van der Waals surface area (Å²) >= 11 is 11.7. The first kappa shape index (κ1) is 15.2. The first-order chi connectivity index (χ1) is 9.99. The molecule has 0 spiro atoms. The van der Waals surface area contributed by atoms with Gasteiger partial charge in [-0.05, 0) is 24.3 Å². The summed E-state index contributed by atoms with van der Waals surface area (Å²) in [6.45, 7) is 0. The zero-order valence-corrected chi connectivity index (χ0v) is 12.1. The molecule has 0 aliphatic carbocycles. The third-order valence-corrected chi connectivity index (χ3v) is 3.24. The number of anilines is 2. The number of hydrogen-bond donors (Lipinski definition) is 3. The van der Waals surface area contributed by atoms with Crippen molar-refractivity contribution in [2.24, 2.45) is 0 Å². The van der Waals surface area contributed by atoms with E-state index in [-0.39, 0.29) is 16.3 Å². The summed E-state index contributed by atoms with van der Waals surface area (Å²) in [6, 6.07) is 10.5. The first-order valence-electron chi connectivity index (χ1n) is 5.83. The number of aromatic carboxylic acids is 1. The lowest BCUT2D eigenvalue weighted by atomic mass is 10.2. The molecular weight excluding hydrogens is 315 g/mol. The summed E-state index contributed by atoms with van der Waals surface area (Å²) in [5.74, 6) is -1.23. The molecule has 2 rings (SSSR count). The fraction of sp³-hybridized carbons (Fsp3) is 0. The molecular formula is C14H10Cl2N2O3. The predicted octanol–water partition coefficient (Wildman–Crippen LogP) is 4.34. The van der Waals surface area contributed by atoms with Gasteiger partial charge in [0.2, 0.25) is 0 Å². The van der Waals surface area contributed by atoms with Crippen molar-refractivity contribution in [1.29, 1.82) is 0 Å². The number of halogens is 2. The molecule has 0 aliphatic heterocycles. The number of urea groups is 1. The van der Waals surface area contributed by atoms with Crippen LogP contribution in [0.4, 0.5) is 16.2 Å². The largest absolute Gasteiger partial charge is 0.478 e. The molecule has 0 heterocycles. The zero-order chi connectivity index (χ0) is 15.4. The zero-order valence-electron chi connectivity index (χ0n) is 10.6. The van der Waals surface area contributed by atoms with E-state index in [9.17, 15) is 9.59 Å². The SMILES string of the molecule is O=C(Nc1ccccc1Cl)Nc1cccc(Cl)c1C(=O)O. The van der Waals surface area contributed by atoms with E-state index in [0.717, 1.165) is 0 Å². The fourth-order valence-corrected chi connectivity index (χ4v) is 2.12. The average Bonchev–Trinajstić information content (AvgIpc) is 2.41. The molecule has 21 heavy (non-hydrogen) atoms. The number of benzene rings is 2. The predicted molar refractivity (Wildman–Crippen MR) is 82.5 cm³/mol. The van der Waals surface area contributed by atoms with Gasteiger partial charge in [-0.15, -0.1) is 0 Å². The van der Waals surface area contributed by atoms with Gasteiger partial charge >= 0.3 is 12.0 Å². The Hall–Kier alpha value is -2.24. The molecule has 0 saturated heterocycles. The van der Waals surface area contributed by atoms with Crippen LogP contribution >= 0.6 is 23.2 Å². The normalized spacial score (nSPS) is 10.0. The Kier molecular flexibility index (Phi) is 4.67. The number of carbonyl (C=O) groups is 2. The topological polar surface area (TPSA) is 78.4 Å². The summed E-state index contributed by atoms with van der Waals surface area (Å²) in [4.78, 5) is 23.1. The Labute approximate surface area is 130 Å². The Morgan fingerprint density at radius 2 is 1.43 bits per heavy atom. The van der Waals surface area contributed by atoms with Crippen molar-refractivity contribution in [2.75, 3.05) is 10.6 Å². The van der Waals surface area contributed by atoms with Crippen molar-refractivity contribution in [3.63, 3.8) is 0 Å². The highest BCUT2D eigenvalue weighted by Crippen LogP contribution is 2.25. The molecule has 0 unspecified atom stereocenters. The summed E-state index contributed by atoms with van der Waals surface area (Å²) in [5, 5.41) is 14.5. The smallest absolute Gasteiger partial charge is 0.339 e. The molecule has 2 amide bonds. The van der Waals surface area contributed by atoms with E-state index in [1.54, 1.807) is 30.3 Å². The van der Waals surface area contributed by atoms with E-state index in [4.69, 9.17) is 28.3 Å². The maximum atomic E-state index is 11.9. The molecule has 108 valence electrons. The number of carboxylic acid groups (broad SMARTS) is 1. The average molecular weight is 325 g/mol. The van der Waals surface area contributed by atoms with Gasteiger partial charge in [-0.3, -0.25) is 0 Å². The van der Waals surface area contributed by atoms with E-state index >= 15 is 0 Å². The van der Waals surface area contributed by atoms with Crippen molar-refractivity contribution in [3.8, 4) is 0 Å². The molecule has 0 saturated carbocycles. The molecule has 0 aromatic heterocycles. The second kappa shape index (κ2) is 6.47. The molecule has 2 aromatic carbocycles. The number of rotatable bonds is 3. The molecule has 0 aliphatic rings. The van der Waals surface area contributed by atoms with Crippen LogP contribution in [0.15, 0.2) is 42.5 Å². The maximum Gasteiger partial charge on any atom is 0.339 e. The van der Waals surface area contributed by atoms with E-state index in [1.165, 1.54) is 12.1 Å². The van der Waals surface area contributed by atoms with Gasteiger partial charge in [0.1, 0.15) is 5.56 Å². The minimum Gasteiger partial charge on any atom is -0.478 e. The molecule has 0 radical (unpaired) electrons. The molecule has 0 atom stereocenters. The minimum atomic E-state index is -1.23. The third-order valence-electron chi connectivity index (χ3n) is 2.60. The van der Waals surface area contributed by atoms with Gasteiger partial charge in [0.15, 0.2) is 0 Å². The van der Waals surface area contributed by atoms with E-state index in [0.29, 0.717) is 10.7 Å². The lowest BCUT2D eigenvalue weighted by Crippen LogP contribution is -2.21. The number of amides is 2. The van der Waals surface area contributed by atoms with Crippen LogP contribution in [0.3, 0.4) is 0 Å². The van der Waals surface area contributed by atoms with E-state index in [2.05, 4.69) is 10.6 Å². The summed E-state index contributed by atoms with van der Waals surface area (Å²) in [5.41, 5.74) is 0.337. The number of para-hydroxylation sites is 1. The summed E-state index contributed by atoms with van der Waals surface area (Å²) in [6.07, 6.45) is 0. The Balaban J connectivity index is 2.19. The van der Waals surface area contributed by atoms with Crippen LogP contribution < -0.4 is 10.6 Å². The van der Waals surface area contributed by atoms with Crippen molar-refractivity contribution < 1.29 is 14.7 Å². The number of nitrogens with one attached hydrogen (secondary N) is 2. The second-order valence-corrected chi connectivity index (χ2v) is 4.84. The molecule has 0 bridgehead atoms. The standard InChI is InChI=1S/C14H10Cl2N2O3/c15-8-4-1-2-6-10(8)17-14(21)18-11-7-3-5-9(16)12(11)13(19)20/h1-7H,(H,19,20)(H2,17,18,21). The van der Waals surface area contributed by atoms with Gasteiger partial charge in [-0.25, -0.2) is 9.59 Å². The monoisotopic (exact) mass is 324 g/mol. The highest BCUT2D eigenvalue weighted by atomic mass is 35.5. The van der Waals surface area contributed by atoms with Gasteiger partial charge in [-0.1, -0.05) is 41.4 Å². The van der Waals surface area contributed by atoms with Crippen LogP contribution in [-0.4, -0.2) is 17.1 Å². The number of carboxylic acids is 1. The molecule has 5 nitrogen and oxygen atoms in total. The Morgan fingerprint density at radius 1 is 0.857 bits per heavy atom. The van der Waals surface area contributed by atoms with Gasteiger partial charge in [-0.2, -0.15) is 0 Å². The van der Waals surface area contributed by atoms with Gasteiger partial charge in [0.25, 0.3) is 0 Å². The van der Waals surface area contributed by atoms with Crippen LogP contribution in [0.2, 0.25) is 10.0 Å². The van der Waals surface area contributed by atoms with Crippen molar-refractivity contribution in [3.05, 3.63) is 58.1 Å². The lowest BCUT2D eigenvalue weighted by Gasteiger charge is -2.11. The van der Waals surface area contributed by atoms with E-state index < -0.39 is 12.0 Å². The molecule has 3 N–H and O–H groups in total. The van der Waals surface area contributed by atoms with Crippen LogP contribution in [0, 0.1) is 0 Å². The fourth-order valence-electron chi connectivity index (χ4n) is 1.68. The Morgan fingerprint density at radius 3 is 2.10 bits per heavy atom. The second-order valence-electron chi connectivity index (χ2n) is 4.03. The number of carbonyl (C=O) groups excluding carboxylic acids is 1. The van der Waals surface area contributed by atoms with Crippen molar-refractivity contribution >= 4 is 46.6 Å². The summed E-state index contributed by atoms with van der Waals surface area (Å²) < 4.78 is 0. The van der Waals surface area contributed by atoms with Crippen molar-refractivity contribution in [1.82, 2.24) is 0 Å². The van der Waals surface area contributed by atoms with Gasteiger partial charge < -0.3 is 15.7 Å². The first-order valence-corrected chi connectivity index (χ1v) is 6.59. The quantitative estimate of drug-likeness (QED) is 0.785. The minimum absolute atomic E-state index is 0.0399. The van der Waals surface area contributed by atoms with Crippen LogP contribution in [0.5, 0.6) is 0 Å². The highest BCUT2D eigenvalue weighted by molar-refractivity contribution is 6.35. The lowest BCUT2D eigenvalue weighted by molar-refractivity contribution is 0.0698. The molecule has 2 aromatic rings. The molecule has 0 fully saturated rings. The van der Waals surface area contributed by atoms with Crippen molar-refractivity contribution in [2.45, 2.75) is 0 Å². The third kappa shape index (κ3) is 3.65. The number of hydrogen-bond acceptors (Lipinski definition) is 2. The van der Waals surface area contributed by atoms with Gasteiger partial charge in [0.05, 0.1) is 21.4 Å². The van der Waals surface area contributed by atoms with Crippen LogP contribution in [-0.2, 0) is 0 Å². The van der Waals surface area contributed by atoms with Crippen LogP contribution in [0.1, 0.15) is 10.4 Å².